The summed E-state index contributed by atoms with van der Waals surface area (Å²) in [6.45, 7) is 0. The zero-order valence-corrected chi connectivity index (χ0v) is 13.5. The third-order valence-corrected chi connectivity index (χ3v) is 4.76. The van der Waals surface area contributed by atoms with Crippen molar-refractivity contribution in [3.8, 4) is 11.3 Å². The van der Waals surface area contributed by atoms with Crippen molar-refractivity contribution in [2.24, 2.45) is 0 Å². The number of aromatic nitrogens is 5. The van der Waals surface area contributed by atoms with Gasteiger partial charge in [-0.25, -0.2) is 5.10 Å². The minimum absolute atomic E-state index is 0.0282. The van der Waals surface area contributed by atoms with Crippen molar-refractivity contribution in [2.45, 2.75) is 4.21 Å². The lowest BCUT2D eigenvalue weighted by molar-refractivity contribution is -0.384. The van der Waals surface area contributed by atoms with Gasteiger partial charge in [0.25, 0.3) is 5.69 Å². The van der Waals surface area contributed by atoms with E-state index in [1.165, 1.54) is 30.2 Å². The van der Waals surface area contributed by atoms with Crippen LogP contribution in [0.3, 0.4) is 0 Å². The quantitative estimate of drug-likeness (QED) is 0.385. The number of hydrogen-bond donors (Lipinski definition) is 2. The lowest BCUT2D eigenvalue weighted by Crippen LogP contribution is -2.14. The maximum atomic E-state index is 11.9. The molecule has 10 nitrogen and oxygen atoms in total. The molecule has 0 fully saturated rings. The number of anilines is 1. The number of benzene rings is 1. The van der Waals surface area contributed by atoms with Gasteiger partial charge in [-0.05, 0) is 11.5 Å². The first-order valence-corrected chi connectivity index (χ1v) is 8.24. The van der Waals surface area contributed by atoms with Gasteiger partial charge in [0, 0.05) is 17.7 Å². The second kappa shape index (κ2) is 7.14. The highest BCUT2D eigenvalue weighted by atomic mass is 32.2. The Labute approximate surface area is 143 Å². The van der Waals surface area contributed by atoms with Crippen molar-refractivity contribution in [1.82, 2.24) is 24.8 Å². The summed E-state index contributed by atoms with van der Waals surface area (Å²) in [5, 5.41) is 23.6. The molecule has 3 rings (SSSR count). The number of nitro groups is 1. The molecular weight excluding hydrogens is 354 g/mol. The van der Waals surface area contributed by atoms with Gasteiger partial charge in [0.15, 0.2) is 0 Å². The Morgan fingerprint density at radius 3 is 3.08 bits per heavy atom. The molecular formula is C12H9N7O3S2. The fourth-order valence-corrected chi connectivity index (χ4v) is 3.34. The van der Waals surface area contributed by atoms with Gasteiger partial charge in [0.2, 0.25) is 11.9 Å². The number of carbonyl (C=O) groups is 1. The van der Waals surface area contributed by atoms with E-state index in [4.69, 9.17) is 0 Å². The Bertz CT molecular complexity index is 865. The summed E-state index contributed by atoms with van der Waals surface area (Å²) >= 11 is 2.37. The first kappa shape index (κ1) is 16.0. The number of H-pyrrole nitrogens is 1. The predicted octanol–water partition coefficient (Wildman–Crippen LogP) is 1.96. The molecule has 0 radical (unpaired) electrons. The van der Waals surface area contributed by atoms with Crippen LogP contribution in [-0.4, -0.2) is 41.4 Å². The number of non-ortho nitro benzene ring substituents is 1. The smallest absolute Gasteiger partial charge is 0.270 e. The standard InChI is InChI=1S/C12H9N7O3S2/c20-9(15-12-13-6-14-17-12)5-23-11-10(16-18-24-11)7-2-1-3-8(4-7)19(21)22/h1-4,6H,5H2,(H2,13,14,15,17,20). The lowest BCUT2D eigenvalue weighted by Gasteiger charge is -2.02. The minimum atomic E-state index is -0.471. The summed E-state index contributed by atoms with van der Waals surface area (Å²) in [5.41, 5.74) is 1.07. The SMILES string of the molecule is O=C(CSc1snnc1-c1cccc([N+](=O)[O-])c1)Nc1ncn[nH]1. The molecule has 0 spiro atoms. The molecule has 0 bridgehead atoms. The van der Waals surface area contributed by atoms with Crippen LogP contribution in [-0.2, 0) is 4.79 Å². The third kappa shape index (κ3) is 3.72. The van der Waals surface area contributed by atoms with E-state index in [9.17, 15) is 14.9 Å². The van der Waals surface area contributed by atoms with E-state index < -0.39 is 4.92 Å². The summed E-state index contributed by atoms with van der Waals surface area (Å²) in [4.78, 5) is 26.1. The maximum absolute atomic E-state index is 11.9. The van der Waals surface area contributed by atoms with E-state index in [1.807, 2.05) is 0 Å². The van der Waals surface area contributed by atoms with Crippen molar-refractivity contribution in [3.05, 3.63) is 40.7 Å². The second-order valence-corrected chi connectivity index (χ2v) is 6.39. The van der Waals surface area contributed by atoms with Crippen LogP contribution in [0.4, 0.5) is 11.6 Å². The van der Waals surface area contributed by atoms with Crippen molar-refractivity contribution in [1.29, 1.82) is 0 Å². The fraction of sp³-hybridized carbons (Fsp3) is 0.0833. The molecule has 2 heterocycles. The Morgan fingerprint density at radius 1 is 1.46 bits per heavy atom. The second-order valence-electron chi connectivity index (χ2n) is 4.39. The molecule has 0 aliphatic rings. The minimum Gasteiger partial charge on any atom is -0.294 e. The first-order chi connectivity index (χ1) is 11.6. The number of carbonyl (C=O) groups excluding carboxylic acids is 1. The van der Waals surface area contributed by atoms with E-state index in [-0.39, 0.29) is 23.3 Å². The van der Waals surface area contributed by atoms with Gasteiger partial charge in [-0.15, -0.1) is 16.9 Å². The fourth-order valence-electron chi connectivity index (χ4n) is 1.78. The first-order valence-electron chi connectivity index (χ1n) is 6.48. The number of nitrogens with zero attached hydrogens (tertiary/aromatic N) is 5. The predicted molar refractivity (Wildman–Crippen MR) is 87.7 cm³/mol. The molecule has 1 aromatic carbocycles. The van der Waals surface area contributed by atoms with Crippen LogP contribution in [0.1, 0.15) is 0 Å². The van der Waals surface area contributed by atoms with E-state index >= 15 is 0 Å². The van der Waals surface area contributed by atoms with Crippen LogP contribution in [0.5, 0.6) is 0 Å². The number of amides is 1. The number of nitro benzene ring substituents is 1. The molecule has 12 heteroatoms. The summed E-state index contributed by atoms with van der Waals surface area (Å²) in [5.74, 6) is 0.115. The summed E-state index contributed by atoms with van der Waals surface area (Å²) in [7, 11) is 0. The van der Waals surface area contributed by atoms with Crippen LogP contribution in [0.25, 0.3) is 11.3 Å². The number of aromatic amines is 1. The van der Waals surface area contributed by atoms with Crippen LogP contribution >= 0.6 is 23.3 Å². The van der Waals surface area contributed by atoms with Gasteiger partial charge in [0.05, 0.1) is 10.7 Å². The zero-order chi connectivity index (χ0) is 16.9. The van der Waals surface area contributed by atoms with Crippen LogP contribution < -0.4 is 5.32 Å². The van der Waals surface area contributed by atoms with Crippen LogP contribution in [0.2, 0.25) is 0 Å². The highest BCUT2D eigenvalue weighted by Crippen LogP contribution is 2.33. The summed E-state index contributed by atoms with van der Waals surface area (Å²) < 4.78 is 4.56. The van der Waals surface area contributed by atoms with Gasteiger partial charge in [0.1, 0.15) is 16.2 Å². The van der Waals surface area contributed by atoms with E-state index in [1.54, 1.807) is 12.1 Å². The molecule has 2 aromatic heterocycles. The van der Waals surface area contributed by atoms with Crippen molar-refractivity contribution < 1.29 is 9.72 Å². The van der Waals surface area contributed by atoms with Crippen molar-refractivity contribution in [3.63, 3.8) is 0 Å². The lowest BCUT2D eigenvalue weighted by atomic mass is 10.1. The van der Waals surface area contributed by atoms with E-state index in [2.05, 4.69) is 30.1 Å². The summed E-state index contributed by atoms with van der Waals surface area (Å²) in [6, 6.07) is 6.12. The molecule has 0 saturated heterocycles. The molecule has 0 aliphatic heterocycles. The van der Waals surface area contributed by atoms with Crippen LogP contribution in [0, 0.1) is 10.1 Å². The maximum Gasteiger partial charge on any atom is 0.270 e. The number of nitrogens with one attached hydrogen (secondary N) is 2. The molecule has 0 unspecified atom stereocenters. The Kier molecular flexibility index (Phi) is 4.77. The van der Waals surface area contributed by atoms with Gasteiger partial charge in [-0.1, -0.05) is 16.6 Å². The molecule has 24 heavy (non-hydrogen) atoms. The molecule has 0 aliphatic carbocycles. The van der Waals surface area contributed by atoms with E-state index in [0.29, 0.717) is 15.5 Å². The molecule has 2 N–H and O–H groups in total. The monoisotopic (exact) mass is 363 g/mol. The van der Waals surface area contributed by atoms with Crippen molar-refractivity contribution >= 4 is 40.8 Å². The third-order valence-electron chi connectivity index (χ3n) is 2.80. The average Bonchev–Trinajstić information content (AvgIpc) is 3.24. The van der Waals surface area contributed by atoms with Gasteiger partial charge in [-0.3, -0.25) is 20.2 Å². The van der Waals surface area contributed by atoms with Gasteiger partial charge in [-0.2, -0.15) is 10.1 Å². The molecule has 122 valence electrons. The average molecular weight is 363 g/mol. The van der Waals surface area contributed by atoms with E-state index in [0.717, 1.165) is 11.5 Å². The topological polar surface area (TPSA) is 140 Å². The number of rotatable bonds is 6. The largest absolute Gasteiger partial charge is 0.294 e. The Morgan fingerprint density at radius 2 is 2.33 bits per heavy atom. The molecule has 3 aromatic rings. The number of thioether (sulfide) groups is 1. The van der Waals surface area contributed by atoms with Gasteiger partial charge >= 0.3 is 0 Å². The molecule has 1 amide bonds. The number of hydrogen-bond acceptors (Lipinski definition) is 9. The highest BCUT2D eigenvalue weighted by molar-refractivity contribution is 8.01. The Hall–Kier alpha value is -2.86. The summed E-state index contributed by atoms with van der Waals surface area (Å²) in [6.07, 6.45) is 1.29. The highest BCUT2D eigenvalue weighted by Gasteiger charge is 2.16. The molecule has 0 atom stereocenters. The van der Waals surface area contributed by atoms with Gasteiger partial charge < -0.3 is 0 Å². The zero-order valence-electron chi connectivity index (χ0n) is 11.9. The molecule has 0 saturated carbocycles. The normalized spacial score (nSPS) is 10.5. The Balaban J connectivity index is 1.70. The van der Waals surface area contributed by atoms with Crippen LogP contribution in [0.15, 0.2) is 34.8 Å². The van der Waals surface area contributed by atoms with Crippen molar-refractivity contribution in [2.75, 3.05) is 11.1 Å².